The molecular weight excluding hydrogens is 343 g/mol. The van der Waals surface area contributed by atoms with Gasteiger partial charge in [0.05, 0.1) is 11.4 Å². The number of nitrogens with zero attached hydrogens (tertiary/aromatic N) is 3. The molecule has 27 heavy (non-hydrogen) atoms. The Morgan fingerprint density at radius 3 is 2.44 bits per heavy atom. The highest BCUT2D eigenvalue weighted by Crippen LogP contribution is 2.26. The molecule has 5 nitrogen and oxygen atoms in total. The number of nitriles is 1. The van der Waals surface area contributed by atoms with Gasteiger partial charge in [0.25, 0.3) is 5.91 Å². The first-order valence-corrected chi connectivity index (χ1v) is 8.28. The van der Waals surface area contributed by atoms with Crippen LogP contribution in [0.4, 0.5) is 4.39 Å². The normalized spacial score (nSPS) is 11.1. The van der Waals surface area contributed by atoms with Gasteiger partial charge in [-0.15, -0.1) is 0 Å². The van der Waals surface area contributed by atoms with E-state index in [1.54, 1.807) is 23.0 Å². The highest BCUT2D eigenvalue weighted by Gasteiger charge is 2.14. The number of likely N-dealkylation sites (N-methyl/N-ethyl adjacent to an activating group) is 1. The van der Waals surface area contributed by atoms with Crippen molar-refractivity contribution in [3.8, 4) is 23.0 Å². The lowest BCUT2D eigenvalue weighted by atomic mass is 10.0. The fourth-order valence-electron chi connectivity index (χ4n) is 2.59. The highest BCUT2D eigenvalue weighted by atomic mass is 19.1. The Kier molecular flexibility index (Phi) is 5.13. The summed E-state index contributed by atoms with van der Waals surface area (Å²) in [5.41, 5.74) is 3.84. The number of hydrogen-bond acceptors (Lipinski definition) is 3. The molecule has 1 amide bonds. The van der Waals surface area contributed by atoms with Crippen molar-refractivity contribution in [3.63, 3.8) is 0 Å². The van der Waals surface area contributed by atoms with Gasteiger partial charge in [-0.1, -0.05) is 29.8 Å². The van der Waals surface area contributed by atoms with Crippen LogP contribution in [0.25, 0.3) is 23.0 Å². The molecule has 0 bridgehead atoms. The Balaban J connectivity index is 2.16. The Labute approximate surface area is 156 Å². The number of amides is 1. The number of rotatable bonds is 4. The Bertz CT molecular complexity index is 1040. The minimum absolute atomic E-state index is 0.0236. The second-order valence-corrected chi connectivity index (χ2v) is 5.97. The minimum Gasteiger partial charge on any atom is -0.354 e. The third-order valence-corrected chi connectivity index (χ3v) is 4.05. The Hall–Kier alpha value is -3.72. The zero-order valence-electron chi connectivity index (χ0n) is 14.9. The van der Waals surface area contributed by atoms with Crippen molar-refractivity contribution < 1.29 is 9.18 Å². The van der Waals surface area contributed by atoms with E-state index < -0.39 is 5.91 Å². The first-order valence-electron chi connectivity index (χ1n) is 8.28. The van der Waals surface area contributed by atoms with Gasteiger partial charge in [-0.2, -0.15) is 10.4 Å². The third-order valence-electron chi connectivity index (χ3n) is 4.05. The Morgan fingerprint density at radius 2 is 1.85 bits per heavy atom. The van der Waals surface area contributed by atoms with Gasteiger partial charge in [-0.05, 0) is 37.3 Å². The highest BCUT2D eigenvalue weighted by molar-refractivity contribution is 6.02. The second-order valence-electron chi connectivity index (χ2n) is 5.97. The number of hydrogen-bond donors (Lipinski definition) is 1. The average molecular weight is 360 g/mol. The maximum Gasteiger partial charge on any atom is 0.261 e. The van der Waals surface area contributed by atoms with Crippen molar-refractivity contribution >= 4 is 12.0 Å². The molecule has 0 saturated carbocycles. The van der Waals surface area contributed by atoms with E-state index in [-0.39, 0.29) is 11.4 Å². The van der Waals surface area contributed by atoms with Crippen LogP contribution in [0.15, 0.2) is 60.3 Å². The molecule has 134 valence electrons. The van der Waals surface area contributed by atoms with Crippen LogP contribution in [0.5, 0.6) is 0 Å². The molecule has 0 aliphatic carbocycles. The molecule has 0 spiro atoms. The maximum atomic E-state index is 13.2. The molecule has 0 unspecified atom stereocenters. The van der Waals surface area contributed by atoms with Crippen LogP contribution in [0.3, 0.4) is 0 Å². The first-order chi connectivity index (χ1) is 13.0. The zero-order chi connectivity index (χ0) is 19.4. The molecule has 3 aromatic rings. The molecule has 0 aliphatic rings. The number of nitrogens with one attached hydrogen (secondary N) is 1. The van der Waals surface area contributed by atoms with E-state index >= 15 is 0 Å². The van der Waals surface area contributed by atoms with Gasteiger partial charge in [0, 0.05) is 24.4 Å². The number of halogens is 1. The van der Waals surface area contributed by atoms with Gasteiger partial charge in [0.2, 0.25) is 0 Å². The topological polar surface area (TPSA) is 70.7 Å². The fourth-order valence-corrected chi connectivity index (χ4v) is 2.59. The van der Waals surface area contributed by atoms with Crippen LogP contribution in [0, 0.1) is 24.1 Å². The zero-order valence-corrected chi connectivity index (χ0v) is 14.9. The third kappa shape index (κ3) is 3.93. The van der Waals surface area contributed by atoms with Crippen molar-refractivity contribution in [1.29, 1.82) is 5.26 Å². The van der Waals surface area contributed by atoms with Crippen LogP contribution in [-0.4, -0.2) is 22.7 Å². The van der Waals surface area contributed by atoms with E-state index in [1.807, 2.05) is 37.3 Å². The summed E-state index contributed by atoms with van der Waals surface area (Å²) in [7, 11) is 1.47. The summed E-state index contributed by atoms with van der Waals surface area (Å²) < 4.78 is 14.8. The molecular formula is C21H17FN4O. The van der Waals surface area contributed by atoms with Gasteiger partial charge >= 0.3 is 0 Å². The van der Waals surface area contributed by atoms with Crippen molar-refractivity contribution in [1.82, 2.24) is 15.1 Å². The van der Waals surface area contributed by atoms with Crippen LogP contribution in [-0.2, 0) is 4.79 Å². The lowest BCUT2D eigenvalue weighted by molar-refractivity contribution is -0.116. The van der Waals surface area contributed by atoms with Gasteiger partial charge in [-0.3, -0.25) is 4.79 Å². The molecule has 1 heterocycles. The molecule has 2 aromatic carbocycles. The molecule has 6 heteroatoms. The predicted octanol–water partition coefficient (Wildman–Crippen LogP) is 3.64. The smallest absolute Gasteiger partial charge is 0.261 e. The quantitative estimate of drug-likeness (QED) is 0.570. The monoisotopic (exact) mass is 360 g/mol. The minimum atomic E-state index is -0.470. The van der Waals surface area contributed by atoms with E-state index in [9.17, 15) is 14.4 Å². The van der Waals surface area contributed by atoms with Gasteiger partial charge in [-0.25, -0.2) is 9.07 Å². The van der Waals surface area contributed by atoms with Crippen LogP contribution >= 0.6 is 0 Å². The lowest BCUT2D eigenvalue weighted by Crippen LogP contribution is -2.19. The number of benzene rings is 2. The predicted molar refractivity (Wildman–Crippen MR) is 101 cm³/mol. The second kappa shape index (κ2) is 7.67. The van der Waals surface area contributed by atoms with Crippen molar-refractivity contribution in [2.75, 3.05) is 7.05 Å². The van der Waals surface area contributed by atoms with Crippen LogP contribution in [0.1, 0.15) is 11.1 Å². The van der Waals surface area contributed by atoms with E-state index in [1.165, 1.54) is 25.3 Å². The molecule has 0 fully saturated rings. The summed E-state index contributed by atoms with van der Waals surface area (Å²) in [5, 5.41) is 16.3. The van der Waals surface area contributed by atoms with Crippen molar-refractivity contribution in [3.05, 3.63) is 77.2 Å². The molecule has 0 atom stereocenters. The largest absolute Gasteiger partial charge is 0.354 e. The van der Waals surface area contributed by atoms with Gasteiger partial charge in [0.15, 0.2) is 0 Å². The van der Waals surface area contributed by atoms with Crippen molar-refractivity contribution in [2.45, 2.75) is 6.92 Å². The molecule has 1 aromatic heterocycles. The van der Waals surface area contributed by atoms with E-state index in [0.717, 1.165) is 11.1 Å². The average Bonchev–Trinajstić information content (AvgIpc) is 3.10. The van der Waals surface area contributed by atoms with Gasteiger partial charge < -0.3 is 5.32 Å². The van der Waals surface area contributed by atoms with Crippen LogP contribution < -0.4 is 5.32 Å². The summed E-state index contributed by atoms with van der Waals surface area (Å²) in [6.07, 6.45) is 3.21. The summed E-state index contributed by atoms with van der Waals surface area (Å²) in [4.78, 5) is 11.9. The molecule has 0 radical (unpaired) electrons. The van der Waals surface area contributed by atoms with E-state index in [2.05, 4.69) is 10.4 Å². The SMILES string of the molecule is CNC(=O)/C(C#N)=C/c1cn(-c2ccc(F)cc2)nc1-c1ccc(C)cc1. The molecule has 1 N–H and O–H groups in total. The summed E-state index contributed by atoms with van der Waals surface area (Å²) in [6.45, 7) is 1.99. The van der Waals surface area contributed by atoms with Gasteiger partial charge in [0.1, 0.15) is 17.5 Å². The Morgan fingerprint density at radius 1 is 1.19 bits per heavy atom. The number of aryl methyl sites for hydroxylation is 1. The number of carbonyl (C=O) groups excluding carboxylic acids is 1. The van der Waals surface area contributed by atoms with E-state index in [0.29, 0.717) is 16.9 Å². The van der Waals surface area contributed by atoms with Crippen molar-refractivity contribution in [2.24, 2.45) is 0 Å². The molecule has 3 rings (SSSR count). The first kappa shape index (κ1) is 18.1. The molecule has 0 aliphatic heterocycles. The fraction of sp³-hybridized carbons (Fsp3) is 0.0952. The number of carbonyl (C=O) groups is 1. The number of aromatic nitrogens is 2. The van der Waals surface area contributed by atoms with E-state index in [4.69, 9.17) is 0 Å². The van der Waals surface area contributed by atoms with Crippen LogP contribution in [0.2, 0.25) is 0 Å². The summed E-state index contributed by atoms with van der Waals surface area (Å²) in [5.74, 6) is -0.807. The maximum absolute atomic E-state index is 13.2. The molecule has 0 saturated heterocycles. The standard InChI is InChI=1S/C21H17FN4O/c1-14-3-5-15(6-4-14)20-17(11-16(12-23)21(27)24-2)13-26(25-20)19-9-7-18(22)8-10-19/h3-11,13H,1-2H3,(H,24,27)/b16-11+. The summed E-state index contributed by atoms with van der Waals surface area (Å²) in [6, 6.07) is 15.6. The lowest BCUT2D eigenvalue weighted by Gasteiger charge is -2.02. The summed E-state index contributed by atoms with van der Waals surface area (Å²) >= 11 is 0.